The van der Waals surface area contributed by atoms with Crippen LogP contribution in [0.3, 0.4) is 0 Å². The third-order valence-electron chi connectivity index (χ3n) is 8.39. The molecule has 3 fully saturated rings. The molecule has 1 N–H and O–H groups in total. The van der Waals surface area contributed by atoms with Crippen LogP contribution in [0.1, 0.15) is 81.1 Å². The first-order chi connectivity index (χ1) is 20.0. The highest BCUT2D eigenvalue weighted by atomic mass is 16.2. The number of hydrogen-bond acceptors (Lipinski definition) is 7. The minimum atomic E-state index is -0.231. The number of hydrogen-bond donors (Lipinski definition) is 1. The summed E-state index contributed by atoms with van der Waals surface area (Å²) in [4.78, 5) is 58.5. The Bertz CT molecular complexity index is 1070. The Labute approximate surface area is 260 Å². The predicted octanol–water partition coefficient (Wildman–Crippen LogP) is 3.71. The molecular formula is C34H57N5O4. The lowest BCUT2D eigenvalue weighted by Gasteiger charge is -2.35. The third kappa shape index (κ3) is 11.3. The maximum atomic E-state index is 12.9. The lowest BCUT2D eigenvalue weighted by atomic mass is 9.90. The average Bonchev–Trinajstić information content (AvgIpc) is 3.28. The zero-order valence-electron chi connectivity index (χ0n) is 28.1. The fourth-order valence-electron chi connectivity index (χ4n) is 6.70. The number of carbonyl (C=O) groups is 4. The van der Waals surface area contributed by atoms with Crippen molar-refractivity contribution in [1.82, 2.24) is 24.9 Å². The molecule has 2 atom stereocenters. The SMILES string of the molecule is C/C(=C\C(C)(C)C)CC1CC(=O)N(CCNCCN2CCN(CCN3C(=O)CC(C/C(C)=C/C(C)(C)C)C3=O)CC2)C1=O. The van der Waals surface area contributed by atoms with Crippen molar-refractivity contribution >= 4 is 23.6 Å². The third-order valence-corrected chi connectivity index (χ3v) is 8.39. The number of piperazine rings is 1. The fraction of sp³-hybridized carbons (Fsp3) is 0.765. The van der Waals surface area contributed by atoms with Gasteiger partial charge in [-0.2, -0.15) is 0 Å². The first-order valence-electron chi connectivity index (χ1n) is 16.2. The fourth-order valence-corrected chi connectivity index (χ4v) is 6.70. The van der Waals surface area contributed by atoms with Crippen LogP contribution in [-0.4, -0.2) is 109 Å². The highest BCUT2D eigenvalue weighted by Gasteiger charge is 2.39. The molecule has 0 saturated carbocycles. The van der Waals surface area contributed by atoms with Crippen LogP contribution in [0.25, 0.3) is 0 Å². The van der Waals surface area contributed by atoms with Gasteiger partial charge in [0.2, 0.25) is 23.6 Å². The summed E-state index contributed by atoms with van der Waals surface area (Å²) in [6.45, 7) is 24.6. The summed E-state index contributed by atoms with van der Waals surface area (Å²) in [5, 5.41) is 3.40. The van der Waals surface area contributed by atoms with Gasteiger partial charge in [0, 0.05) is 78.3 Å². The van der Waals surface area contributed by atoms with Crippen molar-refractivity contribution in [3.8, 4) is 0 Å². The number of carbonyl (C=O) groups excluding carboxylic acids is 4. The van der Waals surface area contributed by atoms with E-state index in [1.807, 2.05) is 6.92 Å². The summed E-state index contributed by atoms with van der Waals surface area (Å²) in [5.74, 6) is -0.606. The van der Waals surface area contributed by atoms with Gasteiger partial charge in [-0.25, -0.2) is 0 Å². The Kier molecular flexibility index (Phi) is 12.3. The number of rotatable bonds is 13. The molecule has 3 aliphatic rings. The maximum Gasteiger partial charge on any atom is 0.233 e. The van der Waals surface area contributed by atoms with E-state index < -0.39 is 0 Å². The summed E-state index contributed by atoms with van der Waals surface area (Å²) in [5.41, 5.74) is 2.47. The van der Waals surface area contributed by atoms with E-state index in [9.17, 15) is 19.2 Å². The van der Waals surface area contributed by atoms with Crippen molar-refractivity contribution in [2.75, 3.05) is 65.4 Å². The van der Waals surface area contributed by atoms with Crippen LogP contribution in [0, 0.1) is 22.7 Å². The molecule has 9 nitrogen and oxygen atoms in total. The van der Waals surface area contributed by atoms with E-state index in [0.29, 0.717) is 45.3 Å². The van der Waals surface area contributed by atoms with E-state index in [4.69, 9.17) is 0 Å². The largest absolute Gasteiger partial charge is 0.314 e. The van der Waals surface area contributed by atoms with Crippen LogP contribution >= 0.6 is 0 Å². The minimum Gasteiger partial charge on any atom is -0.314 e. The Balaban J connectivity index is 1.30. The van der Waals surface area contributed by atoms with Gasteiger partial charge < -0.3 is 5.32 Å². The molecule has 0 radical (unpaired) electrons. The lowest BCUT2D eigenvalue weighted by Crippen LogP contribution is -2.50. The van der Waals surface area contributed by atoms with E-state index >= 15 is 0 Å². The van der Waals surface area contributed by atoms with Gasteiger partial charge in [-0.1, -0.05) is 64.8 Å². The molecule has 4 amide bonds. The summed E-state index contributed by atoms with van der Waals surface area (Å²) in [6.07, 6.45) is 6.33. The Hall–Kier alpha value is -2.36. The standard InChI is InChI=1S/C34H57N5O4/c1-25(23-33(3,4)5)19-27-21-29(40)38(31(27)42)12-10-35-9-11-36-13-15-37(16-14-36)17-18-39-30(41)22-28(32(39)43)20-26(2)24-34(6,7)8/h23-24,27-28,35H,9-22H2,1-8H3/b25-23+,26-24+. The van der Waals surface area contributed by atoms with Crippen molar-refractivity contribution in [1.29, 1.82) is 0 Å². The number of likely N-dealkylation sites (tertiary alicyclic amines) is 2. The number of nitrogens with one attached hydrogen (secondary N) is 1. The molecule has 3 heterocycles. The molecule has 3 aliphatic heterocycles. The van der Waals surface area contributed by atoms with Crippen LogP contribution in [0.2, 0.25) is 0 Å². The van der Waals surface area contributed by atoms with Crippen molar-refractivity contribution in [3.05, 3.63) is 23.3 Å². The van der Waals surface area contributed by atoms with Crippen molar-refractivity contribution in [2.45, 2.75) is 81.1 Å². The second-order valence-electron chi connectivity index (χ2n) is 15.1. The predicted molar refractivity (Wildman–Crippen MR) is 171 cm³/mol. The molecule has 43 heavy (non-hydrogen) atoms. The van der Waals surface area contributed by atoms with Crippen LogP contribution in [-0.2, 0) is 19.2 Å². The molecule has 3 saturated heterocycles. The number of nitrogens with zero attached hydrogens (tertiary/aromatic N) is 4. The topological polar surface area (TPSA) is 93.3 Å². The molecule has 3 rings (SSSR count). The van der Waals surface area contributed by atoms with E-state index in [1.54, 1.807) is 0 Å². The van der Waals surface area contributed by atoms with Crippen molar-refractivity contribution in [3.63, 3.8) is 0 Å². The maximum absolute atomic E-state index is 12.9. The molecule has 0 aromatic carbocycles. The Morgan fingerprint density at radius 2 is 1.05 bits per heavy atom. The zero-order valence-corrected chi connectivity index (χ0v) is 28.1. The first-order valence-corrected chi connectivity index (χ1v) is 16.2. The molecule has 0 bridgehead atoms. The van der Waals surface area contributed by atoms with Crippen LogP contribution in [0.5, 0.6) is 0 Å². The molecule has 242 valence electrons. The summed E-state index contributed by atoms with van der Waals surface area (Å²) < 4.78 is 0. The van der Waals surface area contributed by atoms with Gasteiger partial charge in [-0.3, -0.25) is 38.8 Å². The summed E-state index contributed by atoms with van der Waals surface area (Å²) in [6, 6.07) is 0. The van der Waals surface area contributed by atoms with Gasteiger partial charge in [-0.05, 0) is 37.5 Å². The zero-order chi connectivity index (χ0) is 31.9. The number of imide groups is 2. The molecule has 0 aromatic heterocycles. The summed E-state index contributed by atoms with van der Waals surface area (Å²) >= 11 is 0. The van der Waals surface area contributed by atoms with Crippen LogP contribution in [0.4, 0.5) is 0 Å². The van der Waals surface area contributed by atoms with Gasteiger partial charge in [0.05, 0.1) is 11.8 Å². The second-order valence-corrected chi connectivity index (χ2v) is 15.1. The van der Waals surface area contributed by atoms with Gasteiger partial charge in [0.15, 0.2) is 0 Å². The highest BCUT2D eigenvalue weighted by Crippen LogP contribution is 2.29. The first kappa shape index (κ1) is 35.1. The molecule has 0 aromatic rings. The van der Waals surface area contributed by atoms with Gasteiger partial charge in [0.1, 0.15) is 0 Å². The quantitative estimate of drug-likeness (QED) is 0.196. The summed E-state index contributed by atoms with van der Waals surface area (Å²) in [7, 11) is 0. The average molecular weight is 600 g/mol. The highest BCUT2D eigenvalue weighted by molar-refractivity contribution is 6.04. The van der Waals surface area contributed by atoms with Crippen molar-refractivity contribution in [2.24, 2.45) is 22.7 Å². The van der Waals surface area contributed by atoms with E-state index in [1.165, 1.54) is 20.9 Å². The van der Waals surface area contributed by atoms with E-state index in [0.717, 1.165) is 45.8 Å². The van der Waals surface area contributed by atoms with Gasteiger partial charge in [0.25, 0.3) is 0 Å². The molecule has 0 aliphatic carbocycles. The monoisotopic (exact) mass is 599 g/mol. The van der Waals surface area contributed by atoms with Gasteiger partial charge in [-0.15, -0.1) is 0 Å². The molecular weight excluding hydrogens is 542 g/mol. The number of allylic oxidation sites excluding steroid dienone is 4. The molecule has 0 spiro atoms. The molecule has 2 unspecified atom stereocenters. The van der Waals surface area contributed by atoms with Crippen LogP contribution < -0.4 is 5.32 Å². The van der Waals surface area contributed by atoms with Gasteiger partial charge >= 0.3 is 0 Å². The minimum absolute atomic E-state index is 0.0169. The number of amides is 4. The lowest BCUT2D eigenvalue weighted by molar-refractivity contribution is -0.141. The Morgan fingerprint density at radius 1 is 0.651 bits per heavy atom. The smallest absolute Gasteiger partial charge is 0.233 e. The van der Waals surface area contributed by atoms with Crippen LogP contribution in [0.15, 0.2) is 23.3 Å². The second kappa shape index (κ2) is 15.1. The van der Waals surface area contributed by atoms with Crippen molar-refractivity contribution < 1.29 is 19.2 Å². The normalized spacial score (nSPS) is 23.8. The van der Waals surface area contributed by atoms with E-state index in [-0.39, 0.29) is 46.3 Å². The molecule has 9 heteroatoms. The van der Waals surface area contributed by atoms with E-state index in [2.05, 4.69) is 75.7 Å². The Morgan fingerprint density at radius 3 is 1.49 bits per heavy atom.